The van der Waals surface area contributed by atoms with Crippen molar-refractivity contribution in [3.05, 3.63) is 57.6 Å². The van der Waals surface area contributed by atoms with Crippen molar-refractivity contribution in [2.45, 2.75) is 46.6 Å². The molecule has 0 heterocycles. The van der Waals surface area contributed by atoms with Gasteiger partial charge < -0.3 is 5.73 Å². The molecule has 2 N–H and O–H groups in total. The van der Waals surface area contributed by atoms with Gasteiger partial charge in [-0.1, -0.05) is 24.3 Å². The van der Waals surface area contributed by atoms with E-state index in [0.29, 0.717) is 0 Å². The van der Waals surface area contributed by atoms with Crippen LogP contribution in [0, 0.1) is 27.7 Å². The highest BCUT2D eigenvalue weighted by molar-refractivity contribution is 5.77. The minimum atomic E-state index is 0.219. The largest absolute Gasteiger partial charge is 0.324 e. The Morgan fingerprint density at radius 3 is 2.30 bits per heavy atom. The van der Waals surface area contributed by atoms with E-state index in [-0.39, 0.29) is 6.04 Å². The van der Waals surface area contributed by atoms with Crippen molar-refractivity contribution < 1.29 is 0 Å². The zero-order valence-electron chi connectivity index (χ0n) is 12.9. The molecular weight excluding hydrogens is 242 g/mol. The van der Waals surface area contributed by atoms with Crippen LogP contribution in [0.5, 0.6) is 0 Å². The molecule has 1 aliphatic rings. The zero-order chi connectivity index (χ0) is 14.4. The Morgan fingerprint density at radius 1 is 1.00 bits per heavy atom. The minimum absolute atomic E-state index is 0.219. The molecular formula is C19H23N. The zero-order valence-corrected chi connectivity index (χ0v) is 12.9. The molecule has 0 amide bonds. The van der Waals surface area contributed by atoms with Crippen molar-refractivity contribution in [3.63, 3.8) is 0 Å². The molecule has 0 saturated carbocycles. The predicted molar refractivity (Wildman–Crippen MR) is 86.1 cm³/mol. The van der Waals surface area contributed by atoms with E-state index < -0.39 is 0 Å². The molecule has 0 aliphatic heterocycles. The average Bonchev–Trinajstić information content (AvgIpc) is 2.80. The second kappa shape index (κ2) is 4.75. The van der Waals surface area contributed by atoms with E-state index in [1.165, 1.54) is 44.5 Å². The summed E-state index contributed by atoms with van der Waals surface area (Å²) in [4.78, 5) is 0. The van der Waals surface area contributed by atoms with Crippen LogP contribution in [0.15, 0.2) is 24.3 Å². The number of nitrogens with two attached hydrogens (primary N) is 1. The van der Waals surface area contributed by atoms with Crippen molar-refractivity contribution in [2.75, 3.05) is 0 Å². The number of rotatable bonds is 1. The topological polar surface area (TPSA) is 26.0 Å². The summed E-state index contributed by atoms with van der Waals surface area (Å²) in [6.07, 6.45) is 2.19. The van der Waals surface area contributed by atoms with Crippen molar-refractivity contribution in [3.8, 4) is 11.1 Å². The normalized spacial score (nSPS) is 17.4. The highest BCUT2D eigenvalue weighted by atomic mass is 14.6. The van der Waals surface area contributed by atoms with Gasteiger partial charge in [-0.3, -0.25) is 0 Å². The lowest BCUT2D eigenvalue weighted by Crippen LogP contribution is -2.05. The lowest BCUT2D eigenvalue weighted by molar-refractivity contribution is 0.713. The van der Waals surface area contributed by atoms with E-state index in [2.05, 4.69) is 52.0 Å². The number of fused-ring (bicyclic) bond motifs is 1. The minimum Gasteiger partial charge on any atom is -0.324 e. The molecule has 0 fully saturated rings. The molecule has 1 heteroatoms. The summed E-state index contributed by atoms with van der Waals surface area (Å²) in [6.45, 7) is 8.90. The van der Waals surface area contributed by atoms with Gasteiger partial charge in [0.15, 0.2) is 0 Å². The van der Waals surface area contributed by atoms with Crippen LogP contribution in [0.4, 0.5) is 0 Å². The van der Waals surface area contributed by atoms with Gasteiger partial charge in [0.25, 0.3) is 0 Å². The van der Waals surface area contributed by atoms with E-state index in [1.54, 1.807) is 0 Å². The highest BCUT2D eigenvalue weighted by Crippen LogP contribution is 2.40. The van der Waals surface area contributed by atoms with Gasteiger partial charge in [-0.05, 0) is 85.0 Å². The van der Waals surface area contributed by atoms with Gasteiger partial charge in [0.1, 0.15) is 0 Å². The first kappa shape index (κ1) is 13.4. The fourth-order valence-electron chi connectivity index (χ4n) is 3.54. The first-order valence-electron chi connectivity index (χ1n) is 7.46. The van der Waals surface area contributed by atoms with E-state index in [9.17, 15) is 0 Å². The van der Waals surface area contributed by atoms with Gasteiger partial charge in [0, 0.05) is 6.04 Å². The number of hydrogen-bond acceptors (Lipinski definition) is 1. The van der Waals surface area contributed by atoms with Crippen LogP contribution in [0.2, 0.25) is 0 Å². The summed E-state index contributed by atoms with van der Waals surface area (Å²) in [5.74, 6) is 0. The number of benzene rings is 2. The highest BCUT2D eigenvalue weighted by Gasteiger charge is 2.23. The molecule has 0 radical (unpaired) electrons. The predicted octanol–water partition coefficient (Wildman–Crippen LogP) is 4.53. The first-order valence-corrected chi connectivity index (χ1v) is 7.46. The standard InChI is InChI=1S/C19H23N/c1-11-10-12(2)14(4)19(13(11)3)17-7-5-6-16-15(17)8-9-18(16)20/h5-7,10,18H,8-9,20H2,1-4H3/t18-/m1/s1. The van der Waals surface area contributed by atoms with Crippen LogP contribution in [0.25, 0.3) is 11.1 Å². The summed E-state index contributed by atoms with van der Waals surface area (Å²) in [5, 5.41) is 0. The third-order valence-corrected chi connectivity index (χ3v) is 4.95. The summed E-state index contributed by atoms with van der Waals surface area (Å²) in [5.41, 5.74) is 17.4. The van der Waals surface area contributed by atoms with Gasteiger partial charge >= 0.3 is 0 Å². The molecule has 3 rings (SSSR count). The Balaban J connectivity index is 2.31. The summed E-state index contributed by atoms with van der Waals surface area (Å²) < 4.78 is 0. The van der Waals surface area contributed by atoms with E-state index >= 15 is 0 Å². The monoisotopic (exact) mass is 265 g/mol. The van der Waals surface area contributed by atoms with Crippen LogP contribution >= 0.6 is 0 Å². The third kappa shape index (κ3) is 1.89. The molecule has 2 aromatic rings. The average molecular weight is 265 g/mol. The van der Waals surface area contributed by atoms with Gasteiger partial charge in [0.2, 0.25) is 0 Å². The molecule has 104 valence electrons. The maximum absolute atomic E-state index is 6.23. The second-order valence-electron chi connectivity index (χ2n) is 6.15. The van der Waals surface area contributed by atoms with Crippen molar-refractivity contribution in [2.24, 2.45) is 5.73 Å². The third-order valence-electron chi connectivity index (χ3n) is 4.95. The molecule has 2 aromatic carbocycles. The van der Waals surface area contributed by atoms with Crippen LogP contribution in [0.1, 0.15) is 45.8 Å². The molecule has 0 spiro atoms. The van der Waals surface area contributed by atoms with Gasteiger partial charge in [-0.15, -0.1) is 0 Å². The SMILES string of the molecule is Cc1cc(C)c(C)c(-c2cccc3c2CC[C@H]3N)c1C. The van der Waals surface area contributed by atoms with Gasteiger partial charge in [-0.2, -0.15) is 0 Å². The Bertz CT molecular complexity index is 656. The van der Waals surface area contributed by atoms with E-state index in [1.807, 2.05) is 0 Å². The maximum atomic E-state index is 6.23. The van der Waals surface area contributed by atoms with Crippen molar-refractivity contribution >= 4 is 0 Å². The molecule has 0 bridgehead atoms. The lowest BCUT2D eigenvalue weighted by Gasteiger charge is -2.18. The van der Waals surface area contributed by atoms with Crippen molar-refractivity contribution in [1.82, 2.24) is 0 Å². The Morgan fingerprint density at radius 2 is 1.65 bits per heavy atom. The molecule has 20 heavy (non-hydrogen) atoms. The molecule has 0 aromatic heterocycles. The number of hydrogen-bond donors (Lipinski definition) is 1. The molecule has 1 nitrogen and oxygen atoms in total. The molecule has 0 unspecified atom stereocenters. The van der Waals surface area contributed by atoms with Gasteiger partial charge in [-0.25, -0.2) is 0 Å². The summed E-state index contributed by atoms with van der Waals surface area (Å²) >= 11 is 0. The molecule has 1 atom stereocenters. The Kier molecular flexibility index (Phi) is 3.18. The van der Waals surface area contributed by atoms with Crippen LogP contribution < -0.4 is 5.73 Å². The second-order valence-corrected chi connectivity index (χ2v) is 6.15. The van der Waals surface area contributed by atoms with Crippen LogP contribution in [-0.4, -0.2) is 0 Å². The van der Waals surface area contributed by atoms with Gasteiger partial charge in [0.05, 0.1) is 0 Å². The summed E-state index contributed by atoms with van der Waals surface area (Å²) in [6, 6.07) is 9.14. The van der Waals surface area contributed by atoms with Crippen molar-refractivity contribution in [1.29, 1.82) is 0 Å². The van der Waals surface area contributed by atoms with Crippen LogP contribution in [0.3, 0.4) is 0 Å². The fourth-order valence-corrected chi connectivity index (χ4v) is 3.54. The fraction of sp³-hybridized carbons (Fsp3) is 0.368. The smallest absolute Gasteiger partial charge is 0.0300 e. The quantitative estimate of drug-likeness (QED) is 0.805. The molecule has 0 saturated heterocycles. The maximum Gasteiger partial charge on any atom is 0.0300 e. The van der Waals surface area contributed by atoms with Crippen LogP contribution in [-0.2, 0) is 6.42 Å². The first-order chi connectivity index (χ1) is 9.50. The lowest BCUT2D eigenvalue weighted by atomic mass is 9.86. The molecule has 1 aliphatic carbocycles. The number of aryl methyl sites for hydroxylation is 2. The Hall–Kier alpha value is -1.60. The summed E-state index contributed by atoms with van der Waals surface area (Å²) in [7, 11) is 0. The van der Waals surface area contributed by atoms with E-state index in [4.69, 9.17) is 5.73 Å². The Labute approximate surface area is 121 Å². The van der Waals surface area contributed by atoms with E-state index in [0.717, 1.165) is 12.8 Å².